The fraction of sp³-hybridized carbons (Fsp3) is 0.588. The Kier molecular flexibility index (Phi) is 7.65. The van der Waals surface area contributed by atoms with Crippen LogP contribution in [-0.2, 0) is 4.79 Å². The van der Waals surface area contributed by atoms with Crippen LogP contribution in [0.25, 0.3) is 0 Å². The minimum absolute atomic E-state index is 0. The van der Waals surface area contributed by atoms with E-state index in [1.807, 2.05) is 26.0 Å². The topological polar surface area (TPSA) is 58.4 Å². The molecule has 0 radical (unpaired) electrons. The molecule has 2 rings (SSSR count). The van der Waals surface area contributed by atoms with Crippen LogP contribution in [0.4, 0.5) is 5.69 Å². The Morgan fingerprint density at radius 1 is 1.48 bits per heavy atom. The summed E-state index contributed by atoms with van der Waals surface area (Å²) in [5, 5.41) is 3.75. The summed E-state index contributed by atoms with van der Waals surface area (Å²) in [4.78, 5) is 14.3. The number of nitrogens with two attached hydrogens (primary N) is 1. The van der Waals surface area contributed by atoms with E-state index in [-0.39, 0.29) is 24.2 Å². The van der Waals surface area contributed by atoms with Crippen molar-refractivity contribution in [3.63, 3.8) is 0 Å². The first-order valence-corrected chi connectivity index (χ1v) is 8.30. The zero-order valence-corrected chi connectivity index (χ0v) is 15.6. The molecule has 3 N–H and O–H groups in total. The number of hydrogen-bond acceptors (Lipinski definition) is 3. The lowest BCUT2D eigenvalue weighted by molar-refractivity contribution is -0.123. The van der Waals surface area contributed by atoms with Crippen LogP contribution in [-0.4, -0.2) is 31.6 Å². The Hall–Kier alpha value is -0.970. The molecule has 2 atom stereocenters. The number of nitrogens with one attached hydrogen (secondary N) is 1. The van der Waals surface area contributed by atoms with Gasteiger partial charge >= 0.3 is 0 Å². The number of rotatable bonds is 5. The lowest BCUT2D eigenvalue weighted by Crippen LogP contribution is -2.45. The summed E-state index contributed by atoms with van der Waals surface area (Å²) < 4.78 is 0. The molecule has 0 bridgehead atoms. The van der Waals surface area contributed by atoms with E-state index < -0.39 is 6.04 Å². The first-order valence-electron chi connectivity index (χ1n) is 7.93. The van der Waals surface area contributed by atoms with Gasteiger partial charge in [0.25, 0.3) is 0 Å². The van der Waals surface area contributed by atoms with Crippen molar-refractivity contribution in [2.24, 2.45) is 17.6 Å². The van der Waals surface area contributed by atoms with Crippen molar-refractivity contribution in [3.8, 4) is 0 Å². The molecule has 1 fully saturated rings. The molecule has 1 aliphatic rings. The molecular weight excluding hydrogens is 333 g/mol. The Morgan fingerprint density at radius 3 is 2.83 bits per heavy atom. The van der Waals surface area contributed by atoms with Gasteiger partial charge in [0.1, 0.15) is 0 Å². The summed E-state index contributed by atoms with van der Waals surface area (Å²) in [5.74, 6) is 0.572. The number of anilines is 1. The molecule has 6 heteroatoms. The molecule has 1 aromatic carbocycles. The molecule has 1 unspecified atom stereocenters. The van der Waals surface area contributed by atoms with Gasteiger partial charge in [0.15, 0.2) is 0 Å². The number of carbonyl (C=O) groups excluding carboxylic acids is 1. The van der Waals surface area contributed by atoms with Crippen LogP contribution in [0, 0.1) is 18.8 Å². The van der Waals surface area contributed by atoms with E-state index in [9.17, 15) is 4.79 Å². The quantitative estimate of drug-likeness (QED) is 0.849. The summed E-state index contributed by atoms with van der Waals surface area (Å²) >= 11 is 6.10. The highest BCUT2D eigenvalue weighted by molar-refractivity contribution is 6.30. The number of aryl methyl sites for hydroxylation is 1. The van der Waals surface area contributed by atoms with E-state index in [4.69, 9.17) is 17.3 Å². The third-order valence-electron chi connectivity index (χ3n) is 4.38. The summed E-state index contributed by atoms with van der Waals surface area (Å²) in [6, 6.07) is 5.57. The predicted molar refractivity (Wildman–Crippen MR) is 99.6 cm³/mol. The Morgan fingerprint density at radius 2 is 2.17 bits per heavy atom. The van der Waals surface area contributed by atoms with E-state index >= 15 is 0 Å². The van der Waals surface area contributed by atoms with Crippen molar-refractivity contribution in [3.05, 3.63) is 28.8 Å². The molecule has 1 heterocycles. The number of amides is 1. The fourth-order valence-electron chi connectivity index (χ4n) is 2.81. The molecule has 130 valence electrons. The van der Waals surface area contributed by atoms with E-state index in [0.717, 1.165) is 24.5 Å². The van der Waals surface area contributed by atoms with Gasteiger partial charge in [-0.15, -0.1) is 12.4 Å². The molecule has 1 amide bonds. The van der Waals surface area contributed by atoms with Gasteiger partial charge in [-0.05, 0) is 42.9 Å². The van der Waals surface area contributed by atoms with Gasteiger partial charge < -0.3 is 16.0 Å². The first kappa shape index (κ1) is 20.1. The normalized spacial score (nSPS) is 18.7. The average Bonchev–Trinajstić information content (AvgIpc) is 2.95. The third-order valence-corrected chi connectivity index (χ3v) is 4.62. The van der Waals surface area contributed by atoms with Crippen molar-refractivity contribution in [1.29, 1.82) is 0 Å². The lowest BCUT2D eigenvalue weighted by Gasteiger charge is -2.22. The molecule has 0 aromatic heterocycles. The zero-order valence-electron chi connectivity index (χ0n) is 14.0. The Bertz CT molecular complexity index is 537. The summed E-state index contributed by atoms with van der Waals surface area (Å²) in [5.41, 5.74) is 8.29. The number of hydrogen-bond donors (Lipinski definition) is 2. The SMILES string of the molecule is Cc1ccc(Cl)cc1N1CCC(CNC(=O)[C@@H](N)C(C)C)C1.Cl. The van der Waals surface area contributed by atoms with Crippen LogP contribution in [0.15, 0.2) is 18.2 Å². The molecule has 0 spiro atoms. The predicted octanol–water partition coefficient (Wildman–Crippen LogP) is 3.00. The van der Waals surface area contributed by atoms with Gasteiger partial charge in [-0.1, -0.05) is 31.5 Å². The number of halogens is 2. The molecule has 1 saturated heterocycles. The van der Waals surface area contributed by atoms with Crippen LogP contribution < -0.4 is 16.0 Å². The Labute approximate surface area is 150 Å². The van der Waals surface area contributed by atoms with Crippen molar-refractivity contribution in [1.82, 2.24) is 5.32 Å². The first-order chi connectivity index (χ1) is 10.4. The molecular formula is C17H27Cl2N3O. The highest BCUT2D eigenvalue weighted by atomic mass is 35.5. The van der Waals surface area contributed by atoms with Gasteiger partial charge in [-0.3, -0.25) is 4.79 Å². The van der Waals surface area contributed by atoms with Crippen molar-refractivity contribution < 1.29 is 4.79 Å². The monoisotopic (exact) mass is 359 g/mol. The molecule has 1 aromatic rings. The summed E-state index contributed by atoms with van der Waals surface area (Å²) in [6.07, 6.45) is 1.07. The van der Waals surface area contributed by atoms with Crippen LogP contribution >= 0.6 is 24.0 Å². The third kappa shape index (κ3) is 5.27. The van der Waals surface area contributed by atoms with Crippen LogP contribution in [0.5, 0.6) is 0 Å². The average molecular weight is 360 g/mol. The largest absolute Gasteiger partial charge is 0.371 e. The van der Waals surface area contributed by atoms with Crippen molar-refractivity contribution in [2.75, 3.05) is 24.5 Å². The number of benzene rings is 1. The number of nitrogens with zero attached hydrogens (tertiary/aromatic N) is 1. The van der Waals surface area contributed by atoms with E-state index in [0.29, 0.717) is 12.5 Å². The maximum Gasteiger partial charge on any atom is 0.237 e. The molecule has 0 saturated carbocycles. The maximum atomic E-state index is 11.9. The van der Waals surface area contributed by atoms with Crippen molar-refractivity contribution in [2.45, 2.75) is 33.2 Å². The van der Waals surface area contributed by atoms with Crippen molar-refractivity contribution >= 4 is 35.6 Å². The standard InChI is InChI=1S/C17H26ClN3O.ClH/c1-11(2)16(19)17(22)20-9-13-6-7-21(10-13)15-8-14(18)5-4-12(15)3;/h4-5,8,11,13,16H,6-7,9-10,19H2,1-3H3,(H,20,22);1H/t13?,16-;/m0./s1. The second-order valence-corrected chi connectivity index (χ2v) is 6.98. The minimum Gasteiger partial charge on any atom is -0.371 e. The number of carbonyl (C=O) groups is 1. The van der Waals surface area contributed by atoms with E-state index in [1.54, 1.807) is 0 Å². The molecule has 1 aliphatic heterocycles. The smallest absolute Gasteiger partial charge is 0.237 e. The summed E-state index contributed by atoms with van der Waals surface area (Å²) in [6.45, 7) is 8.65. The van der Waals surface area contributed by atoms with E-state index in [2.05, 4.69) is 23.2 Å². The van der Waals surface area contributed by atoms with Gasteiger partial charge in [-0.25, -0.2) is 0 Å². The van der Waals surface area contributed by atoms with Gasteiger partial charge in [0.05, 0.1) is 6.04 Å². The highest BCUT2D eigenvalue weighted by Crippen LogP contribution is 2.29. The van der Waals surface area contributed by atoms with E-state index in [1.165, 1.54) is 11.3 Å². The summed E-state index contributed by atoms with van der Waals surface area (Å²) in [7, 11) is 0. The second kappa shape index (κ2) is 8.76. The van der Waals surface area contributed by atoms with Crippen LogP contribution in [0.3, 0.4) is 0 Å². The zero-order chi connectivity index (χ0) is 16.3. The lowest BCUT2D eigenvalue weighted by atomic mass is 10.0. The van der Waals surface area contributed by atoms with Gasteiger partial charge in [0.2, 0.25) is 5.91 Å². The highest BCUT2D eigenvalue weighted by Gasteiger charge is 2.25. The minimum atomic E-state index is -0.423. The Balaban J connectivity index is 0.00000264. The van der Waals surface area contributed by atoms with Crippen LogP contribution in [0.2, 0.25) is 5.02 Å². The van der Waals surface area contributed by atoms with Gasteiger partial charge in [0, 0.05) is 30.3 Å². The fourth-order valence-corrected chi connectivity index (χ4v) is 2.97. The molecule has 4 nitrogen and oxygen atoms in total. The van der Waals surface area contributed by atoms with Gasteiger partial charge in [-0.2, -0.15) is 0 Å². The second-order valence-electron chi connectivity index (χ2n) is 6.55. The molecule has 0 aliphatic carbocycles. The maximum absolute atomic E-state index is 11.9. The molecule has 23 heavy (non-hydrogen) atoms. The van der Waals surface area contributed by atoms with Crippen LogP contribution in [0.1, 0.15) is 25.8 Å².